The highest BCUT2D eigenvalue weighted by Gasteiger charge is 1.99. The molecule has 0 fully saturated rings. The molecule has 0 saturated carbocycles. The number of ketones is 1. The van der Waals surface area contributed by atoms with Crippen LogP contribution in [0, 0.1) is 5.92 Å². The normalized spacial score (nSPS) is 10.9. The third-order valence-electron chi connectivity index (χ3n) is 0.808. The van der Waals surface area contributed by atoms with E-state index in [0.29, 0.717) is 0 Å². The van der Waals surface area contributed by atoms with Gasteiger partial charge in [-0.2, -0.15) is 0 Å². The Morgan fingerprint density at radius 2 is 2.12 bits per heavy atom. The number of rotatable bonds is 2. The summed E-state index contributed by atoms with van der Waals surface area (Å²) in [6.45, 7) is 3.56. The van der Waals surface area contributed by atoms with Crippen molar-refractivity contribution in [2.45, 2.75) is 13.8 Å². The molecular weight excluding hydrogens is 104 g/mol. The van der Waals surface area contributed by atoms with Crippen LogP contribution in [0.15, 0.2) is 12.3 Å². The Labute approximate surface area is 48.8 Å². The number of carbonyl (C=O) groups is 1. The first kappa shape index (κ1) is 7.21. The summed E-state index contributed by atoms with van der Waals surface area (Å²) < 4.78 is 0. The van der Waals surface area contributed by atoms with Crippen LogP contribution in [0.1, 0.15) is 13.8 Å². The molecule has 0 aliphatic heterocycles. The van der Waals surface area contributed by atoms with Crippen LogP contribution in [-0.4, -0.2) is 10.9 Å². The van der Waals surface area contributed by atoms with Gasteiger partial charge in [-0.25, -0.2) is 0 Å². The molecule has 0 bridgehead atoms. The van der Waals surface area contributed by atoms with Crippen LogP contribution in [0.3, 0.4) is 0 Å². The lowest BCUT2D eigenvalue weighted by Crippen LogP contribution is -2.01. The van der Waals surface area contributed by atoms with E-state index < -0.39 is 0 Å². The first-order valence-electron chi connectivity index (χ1n) is 2.53. The van der Waals surface area contributed by atoms with Gasteiger partial charge in [0.1, 0.15) is 0 Å². The van der Waals surface area contributed by atoms with Crippen molar-refractivity contribution in [3.63, 3.8) is 0 Å². The fraction of sp³-hybridized carbons (Fsp3) is 0.500. The van der Waals surface area contributed by atoms with Gasteiger partial charge >= 0.3 is 0 Å². The molecule has 0 atom stereocenters. The van der Waals surface area contributed by atoms with Gasteiger partial charge in [-0.15, -0.1) is 0 Å². The van der Waals surface area contributed by atoms with Crippen molar-refractivity contribution < 1.29 is 9.90 Å². The summed E-state index contributed by atoms with van der Waals surface area (Å²) in [6, 6.07) is 0. The van der Waals surface area contributed by atoms with Gasteiger partial charge < -0.3 is 5.11 Å². The fourth-order valence-corrected chi connectivity index (χ4v) is 0.266. The molecule has 0 saturated heterocycles. The van der Waals surface area contributed by atoms with Gasteiger partial charge in [0, 0.05) is 12.0 Å². The van der Waals surface area contributed by atoms with Crippen LogP contribution < -0.4 is 0 Å². The number of hydrogen-bond acceptors (Lipinski definition) is 2. The Morgan fingerprint density at radius 3 is 2.25 bits per heavy atom. The highest BCUT2D eigenvalue weighted by atomic mass is 16.2. The summed E-state index contributed by atoms with van der Waals surface area (Å²) >= 11 is 0. The average molecular weight is 114 g/mol. The smallest absolute Gasteiger partial charge is 0.161 e. The van der Waals surface area contributed by atoms with Crippen LogP contribution in [0.5, 0.6) is 0 Å². The Balaban J connectivity index is 3.66. The molecule has 0 aromatic rings. The zero-order valence-electron chi connectivity index (χ0n) is 5.09. The molecule has 0 spiro atoms. The third-order valence-corrected chi connectivity index (χ3v) is 0.808. The van der Waals surface area contributed by atoms with Crippen molar-refractivity contribution in [3.05, 3.63) is 12.3 Å². The highest BCUT2D eigenvalue weighted by Crippen LogP contribution is 1.93. The number of aliphatic hydroxyl groups excluding tert-OH is 1. The second-order valence-corrected chi connectivity index (χ2v) is 1.87. The van der Waals surface area contributed by atoms with Gasteiger partial charge in [0.25, 0.3) is 0 Å². The zero-order chi connectivity index (χ0) is 6.57. The molecule has 46 valence electrons. The predicted molar refractivity (Wildman–Crippen MR) is 31.6 cm³/mol. The second-order valence-electron chi connectivity index (χ2n) is 1.87. The van der Waals surface area contributed by atoms with E-state index in [1.54, 1.807) is 13.8 Å². The molecule has 2 nitrogen and oxygen atoms in total. The molecule has 0 aromatic carbocycles. The average Bonchev–Trinajstić information content (AvgIpc) is 1.67. The number of hydrogen-bond donors (Lipinski definition) is 1. The first-order chi connectivity index (χ1) is 3.68. The molecule has 0 aliphatic rings. The van der Waals surface area contributed by atoms with Gasteiger partial charge in [-0.05, 0) is 0 Å². The summed E-state index contributed by atoms with van der Waals surface area (Å²) in [5.74, 6) is -0.0640. The lowest BCUT2D eigenvalue weighted by Gasteiger charge is -1.93. The van der Waals surface area contributed by atoms with Gasteiger partial charge in [0.05, 0.1) is 6.26 Å². The molecule has 0 unspecified atom stereocenters. The minimum absolute atomic E-state index is 0.0154. The molecule has 8 heavy (non-hydrogen) atoms. The minimum atomic E-state index is -0.0486. The van der Waals surface area contributed by atoms with Crippen molar-refractivity contribution in [1.82, 2.24) is 0 Å². The highest BCUT2D eigenvalue weighted by molar-refractivity contribution is 5.90. The molecular formula is C6H10O2. The molecule has 1 N–H and O–H groups in total. The Hall–Kier alpha value is -0.790. The van der Waals surface area contributed by atoms with Gasteiger partial charge in [0.15, 0.2) is 5.78 Å². The molecule has 0 aliphatic carbocycles. The Kier molecular flexibility index (Phi) is 2.92. The van der Waals surface area contributed by atoms with Crippen LogP contribution in [0.2, 0.25) is 0 Å². The van der Waals surface area contributed by atoms with E-state index in [9.17, 15) is 4.79 Å². The lowest BCUT2D eigenvalue weighted by molar-refractivity contribution is -0.117. The summed E-state index contributed by atoms with van der Waals surface area (Å²) in [5.41, 5.74) is 0. The standard InChI is InChI=1S/C6H10O2/c1-5(2)6(8)3-4-7/h3-5,7H,1-2H3/b4-3+. The number of carbonyl (C=O) groups excluding carboxylic acids is 1. The molecule has 2 heteroatoms. The van der Waals surface area contributed by atoms with Crippen LogP contribution in [-0.2, 0) is 4.79 Å². The van der Waals surface area contributed by atoms with Gasteiger partial charge in [-0.3, -0.25) is 4.79 Å². The maximum Gasteiger partial charge on any atom is 0.161 e. The molecule has 0 heterocycles. The van der Waals surface area contributed by atoms with E-state index in [1.165, 1.54) is 0 Å². The van der Waals surface area contributed by atoms with E-state index in [0.717, 1.165) is 12.3 Å². The zero-order valence-corrected chi connectivity index (χ0v) is 5.09. The van der Waals surface area contributed by atoms with Gasteiger partial charge in [-0.1, -0.05) is 13.8 Å². The second kappa shape index (κ2) is 3.24. The van der Waals surface area contributed by atoms with Crippen molar-refractivity contribution in [3.8, 4) is 0 Å². The quantitative estimate of drug-likeness (QED) is 0.433. The summed E-state index contributed by atoms with van der Waals surface area (Å²) in [5, 5.41) is 8.08. The van der Waals surface area contributed by atoms with Crippen LogP contribution in [0.4, 0.5) is 0 Å². The van der Waals surface area contributed by atoms with E-state index in [4.69, 9.17) is 5.11 Å². The lowest BCUT2D eigenvalue weighted by atomic mass is 10.1. The van der Waals surface area contributed by atoms with Crippen molar-refractivity contribution >= 4 is 5.78 Å². The predicted octanol–water partition coefficient (Wildman–Crippen LogP) is 1.28. The van der Waals surface area contributed by atoms with Crippen molar-refractivity contribution in [2.75, 3.05) is 0 Å². The molecule has 0 amide bonds. The van der Waals surface area contributed by atoms with E-state index in [1.807, 2.05) is 0 Å². The van der Waals surface area contributed by atoms with Crippen LogP contribution in [0.25, 0.3) is 0 Å². The maximum absolute atomic E-state index is 10.5. The van der Waals surface area contributed by atoms with E-state index in [-0.39, 0.29) is 11.7 Å². The Bertz CT molecular complexity index is 103. The van der Waals surface area contributed by atoms with Gasteiger partial charge in [0.2, 0.25) is 0 Å². The molecule has 0 rings (SSSR count). The Morgan fingerprint density at radius 1 is 1.62 bits per heavy atom. The van der Waals surface area contributed by atoms with E-state index >= 15 is 0 Å². The topological polar surface area (TPSA) is 37.3 Å². The monoisotopic (exact) mass is 114 g/mol. The van der Waals surface area contributed by atoms with E-state index in [2.05, 4.69) is 0 Å². The largest absolute Gasteiger partial charge is 0.515 e. The summed E-state index contributed by atoms with van der Waals surface area (Å²) in [4.78, 5) is 10.5. The van der Waals surface area contributed by atoms with Crippen LogP contribution >= 0.6 is 0 Å². The summed E-state index contributed by atoms with van der Waals surface area (Å²) in [6.07, 6.45) is 1.92. The molecule has 0 aromatic heterocycles. The minimum Gasteiger partial charge on any atom is -0.515 e. The molecule has 0 radical (unpaired) electrons. The summed E-state index contributed by atoms with van der Waals surface area (Å²) in [7, 11) is 0. The first-order valence-corrected chi connectivity index (χ1v) is 2.53. The fourth-order valence-electron chi connectivity index (χ4n) is 0.266. The number of allylic oxidation sites excluding steroid dienone is 1. The third kappa shape index (κ3) is 2.39. The maximum atomic E-state index is 10.5. The number of aliphatic hydroxyl groups is 1. The van der Waals surface area contributed by atoms with Crippen molar-refractivity contribution in [2.24, 2.45) is 5.92 Å². The SMILES string of the molecule is CC(C)C(=O)/C=C/O. The van der Waals surface area contributed by atoms with Crippen molar-refractivity contribution in [1.29, 1.82) is 0 Å².